The van der Waals surface area contributed by atoms with Crippen LogP contribution in [0.25, 0.3) is 0 Å². The molecule has 1 aromatic heterocycles. The Morgan fingerprint density at radius 2 is 1.93 bits per heavy atom. The van der Waals surface area contributed by atoms with E-state index in [1.807, 2.05) is 0 Å². The lowest BCUT2D eigenvalue weighted by molar-refractivity contribution is -0.140. The Bertz CT molecular complexity index is 1410. The summed E-state index contributed by atoms with van der Waals surface area (Å²) in [6.45, 7) is 5.69. The number of hydrogen-bond acceptors (Lipinski definition) is 8. The van der Waals surface area contributed by atoms with Gasteiger partial charge < -0.3 is 25.4 Å². The molecule has 1 aromatic carbocycles. The lowest BCUT2D eigenvalue weighted by Crippen LogP contribution is -2.52. The van der Waals surface area contributed by atoms with E-state index in [9.17, 15) is 17.6 Å². The summed E-state index contributed by atoms with van der Waals surface area (Å²) in [7, 11) is 0. The minimum Gasteiger partial charge on any atom is -0.461 e. The van der Waals surface area contributed by atoms with Crippen LogP contribution in [0.3, 0.4) is 0 Å². The molecule has 6 heterocycles. The number of hydrogen-bond donors (Lipinski definition) is 2. The third kappa shape index (κ3) is 4.91. The summed E-state index contributed by atoms with van der Waals surface area (Å²) in [5.41, 5.74) is 4.31. The van der Waals surface area contributed by atoms with Gasteiger partial charge in [-0.1, -0.05) is 6.92 Å². The van der Waals surface area contributed by atoms with E-state index >= 15 is 4.39 Å². The number of halogens is 5. The standard InChI is InChI=1S/C30H37F5N6O2/c1-15-8-21(36)24(32)22(23(15)30(33,34)35)26-16(2)25-20(13-42-26)27(40-11-18-4-5-19(12-40)37-18)39-28(38-25)43-14-29-6-3-7-41(29)10-17(31)9-29/h8,16-19,26,37H,3-7,9-14,36H2,1-2H3/t16-,17+,18?,19?,26-,29-/m0/s1. The number of nitrogens with one attached hydrogen (secondary N) is 1. The van der Waals surface area contributed by atoms with Gasteiger partial charge in [-0.15, -0.1) is 0 Å². The van der Waals surface area contributed by atoms with E-state index in [1.54, 1.807) is 6.92 Å². The highest BCUT2D eigenvalue weighted by Gasteiger charge is 2.50. The molecule has 0 amide bonds. The number of aromatic nitrogens is 2. The number of alkyl halides is 4. The fourth-order valence-corrected chi connectivity index (χ4v) is 8.21. The van der Waals surface area contributed by atoms with E-state index in [0.717, 1.165) is 38.3 Å². The number of piperazine rings is 1. The van der Waals surface area contributed by atoms with Crippen LogP contribution in [0.4, 0.5) is 33.5 Å². The van der Waals surface area contributed by atoms with Crippen molar-refractivity contribution in [2.24, 2.45) is 0 Å². The largest absolute Gasteiger partial charge is 0.461 e. The Morgan fingerprint density at radius 3 is 2.65 bits per heavy atom. The van der Waals surface area contributed by atoms with Crippen LogP contribution in [0.15, 0.2) is 6.07 Å². The highest BCUT2D eigenvalue weighted by Crippen LogP contribution is 2.49. The molecule has 6 atom stereocenters. The molecule has 5 aliphatic heterocycles. The SMILES string of the molecule is Cc1cc(N)c(F)c([C@H]2OCc3c(nc(OC[C@@]45CCCN4C[C@H](F)C5)nc3N3CC4CCC(C3)N4)[C@@H]2C)c1C(F)(F)F. The lowest BCUT2D eigenvalue weighted by Gasteiger charge is -2.38. The average molecular weight is 609 g/mol. The molecule has 43 heavy (non-hydrogen) atoms. The second kappa shape index (κ2) is 10.4. The van der Waals surface area contributed by atoms with Gasteiger partial charge in [0.05, 0.1) is 35.2 Å². The lowest BCUT2D eigenvalue weighted by atomic mass is 9.85. The topological polar surface area (TPSA) is 88.8 Å². The number of aryl methyl sites for hydroxylation is 1. The van der Waals surface area contributed by atoms with Crippen molar-refractivity contribution in [1.82, 2.24) is 20.2 Å². The van der Waals surface area contributed by atoms with Crippen molar-refractivity contribution >= 4 is 11.5 Å². The van der Waals surface area contributed by atoms with Gasteiger partial charge in [0, 0.05) is 55.2 Å². The molecule has 2 bridgehead atoms. The molecule has 0 spiro atoms. The maximum atomic E-state index is 15.5. The van der Waals surface area contributed by atoms with Gasteiger partial charge in [0.1, 0.15) is 18.6 Å². The molecule has 4 saturated heterocycles. The Balaban J connectivity index is 1.28. The van der Waals surface area contributed by atoms with E-state index in [0.29, 0.717) is 55.2 Å². The van der Waals surface area contributed by atoms with Gasteiger partial charge in [0.15, 0.2) is 5.82 Å². The maximum Gasteiger partial charge on any atom is 0.417 e. The molecule has 2 aromatic rings. The summed E-state index contributed by atoms with van der Waals surface area (Å²) >= 11 is 0. The van der Waals surface area contributed by atoms with Crippen LogP contribution >= 0.6 is 0 Å². The van der Waals surface area contributed by atoms with Gasteiger partial charge in [0.25, 0.3) is 0 Å². The summed E-state index contributed by atoms with van der Waals surface area (Å²) in [5.74, 6) is -1.28. The van der Waals surface area contributed by atoms with Crippen LogP contribution < -0.4 is 20.7 Å². The molecule has 5 aliphatic rings. The van der Waals surface area contributed by atoms with E-state index < -0.39 is 46.9 Å². The van der Waals surface area contributed by atoms with Gasteiger partial charge in [-0.05, 0) is 50.8 Å². The van der Waals surface area contributed by atoms with Gasteiger partial charge >= 0.3 is 12.2 Å². The molecule has 0 saturated carbocycles. The summed E-state index contributed by atoms with van der Waals surface area (Å²) in [4.78, 5) is 13.9. The zero-order chi connectivity index (χ0) is 30.3. The third-order valence-corrected chi connectivity index (χ3v) is 10.1. The van der Waals surface area contributed by atoms with Crippen LogP contribution in [0, 0.1) is 12.7 Å². The van der Waals surface area contributed by atoms with E-state index in [-0.39, 0.29) is 30.5 Å². The Kier molecular flexibility index (Phi) is 7.01. The molecular formula is C30H37F5N6O2. The molecule has 0 aliphatic carbocycles. The van der Waals surface area contributed by atoms with Crippen molar-refractivity contribution in [3.63, 3.8) is 0 Å². The predicted molar refractivity (Wildman–Crippen MR) is 149 cm³/mol. The van der Waals surface area contributed by atoms with E-state index in [4.69, 9.17) is 25.2 Å². The number of nitrogens with zero attached hydrogens (tertiary/aromatic N) is 4. The van der Waals surface area contributed by atoms with Gasteiger partial charge in [-0.3, -0.25) is 4.90 Å². The van der Waals surface area contributed by atoms with Crippen molar-refractivity contribution in [1.29, 1.82) is 0 Å². The Labute approximate surface area is 247 Å². The number of rotatable bonds is 5. The first kappa shape index (κ1) is 29.0. The van der Waals surface area contributed by atoms with E-state index in [2.05, 4.69) is 15.1 Å². The van der Waals surface area contributed by atoms with Crippen LogP contribution in [0.2, 0.25) is 0 Å². The first-order chi connectivity index (χ1) is 20.4. The second-order valence-corrected chi connectivity index (χ2v) is 13.0. The average Bonchev–Trinajstić information content (AvgIpc) is 3.59. The zero-order valence-electron chi connectivity index (χ0n) is 24.3. The van der Waals surface area contributed by atoms with Crippen LogP contribution in [-0.4, -0.2) is 71.4 Å². The Morgan fingerprint density at radius 1 is 1.19 bits per heavy atom. The highest BCUT2D eigenvalue weighted by atomic mass is 19.4. The summed E-state index contributed by atoms with van der Waals surface area (Å²) in [6.07, 6.45) is -2.78. The third-order valence-electron chi connectivity index (χ3n) is 10.1. The van der Waals surface area contributed by atoms with Crippen molar-refractivity contribution < 1.29 is 31.4 Å². The second-order valence-electron chi connectivity index (χ2n) is 13.0. The summed E-state index contributed by atoms with van der Waals surface area (Å²) in [6, 6.07) is 1.70. The van der Waals surface area contributed by atoms with E-state index in [1.165, 1.54) is 6.92 Å². The minimum absolute atomic E-state index is 0.0922. The van der Waals surface area contributed by atoms with Crippen molar-refractivity contribution in [2.45, 2.75) is 94.6 Å². The fourth-order valence-electron chi connectivity index (χ4n) is 8.21. The number of ether oxygens (including phenoxy) is 2. The monoisotopic (exact) mass is 608 g/mol. The molecule has 4 fully saturated rings. The quantitative estimate of drug-likeness (QED) is 0.370. The maximum absolute atomic E-state index is 15.5. The first-order valence-corrected chi connectivity index (χ1v) is 15.1. The van der Waals surface area contributed by atoms with Crippen molar-refractivity contribution in [3.8, 4) is 6.01 Å². The molecule has 8 nitrogen and oxygen atoms in total. The normalized spacial score (nSPS) is 32.3. The molecule has 234 valence electrons. The molecule has 13 heteroatoms. The number of benzene rings is 1. The molecule has 2 unspecified atom stereocenters. The van der Waals surface area contributed by atoms with Gasteiger partial charge in [0.2, 0.25) is 0 Å². The molecule has 3 N–H and O–H groups in total. The van der Waals surface area contributed by atoms with Gasteiger partial charge in [-0.2, -0.15) is 23.1 Å². The molecular weight excluding hydrogens is 571 g/mol. The molecule has 7 rings (SSSR count). The summed E-state index contributed by atoms with van der Waals surface area (Å²) < 4.78 is 85.1. The van der Waals surface area contributed by atoms with Crippen molar-refractivity contribution in [3.05, 3.63) is 39.8 Å². The number of nitrogens with two attached hydrogens (primary N) is 1. The number of nitrogen functional groups attached to an aromatic ring is 1. The highest BCUT2D eigenvalue weighted by molar-refractivity contribution is 5.56. The van der Waals surface area contributed by atoms with Gasteiger partial charge in [-0.25, -0.2) is 8.78 Å². The minimum atomic E-state index is -4.81. The van der Waals surface area contributed by atoms with Crippen LogP contribution in [0.5, 0.6) is 6.01 Å². The summed E-state index contributed by atoms with van der Waals surface area (Å²) in [5, 5.41) is 3.60. The number of fused-ring (bicyclic) bond motifs is 4. The first-order valence-electron chi connectivity index (χ1n) is 15.1. The Hall–Kier alpha value is -2.77. The smallest absolute Gasteiger partial charge is 0.417 e. The fraction of sp³-hybridized carbons (Fsp3) is 0.667. The zero-order valence-corrected chi connectivity index (χ0v) is 24.3. The van der Waals surface area contributed by atoms with Crippen LogP contribution in [-0.2, 0) is 17.5 Å². The van der Waals surface area contributed by atoms with Crippen molar-refractivity contribution in [2.75, 3.05) is 43.4 Å². The predicted octanol–water partition coefficient (Wildman–Crippen LogP) is 4.80. The van der Waals surface area contributed by atoms with Crippen LogP contribution in [0.1, 0.15) is 79.0 Å². The number of anilines is 2. The molecule has 0 radical (unpaired) electrons.